The van der Waals surface area contributed by atoms with Crippen molar-refractivity contribution in [2.75, 3.05) is 31.8 Å². The summed E-state index contributed by atoms with van der Waals surface area (Å²) < 4.78 is 0. The van der Waals surface area contributed by atoms with Gasteiger partial charge in [-0.05, 0) is 55.0 Å². The minimum Gasteiger partial charge on any atom is -0.396 e. The summed E-state index contributed by atoms with van der Waals surface area (Å²) in [5, 5.41) is 12.2. The SMILES string of the molecule is CN(C)C(=O)c1ccc(Nc2cccc(-c3ccc(SCCCO)cc3)n2)cc1. The lowest BCUT2D eigenvalue weighted by atomic mass is 10.1. The van der Waals surface area contributed by atoms with Gasteiger partial charge in [-0.25, -0.2) is 4.98 Å². The Morgan fingerprint density at radius 1 is 1.03 bits per heavy atom. The summed E-state index contributed by atoms with van der Waals surface area (Å²) >= 11 is 1.74. The molecular formula is C23H25N3O2S. The summed E-state index contributed by atoms with van der Waals surface area (Å²) in [6.45, 7) is 0.226. The molecule has 0 atom stereocenters. The Balaban J connectivity index is 1.69. The van der Waals surface area contributed by atoms with E-state index in [4.69, 9.17) is 10.1 Å². The van der Waals surface area contributed by atoms with Crippen molar-refractivity contribution < 1.29 is 9.90 Å². The Hall–Kier alpha value is -2.83. The van der Waals surface area contributed by atoms with Crippen LogP contribution < -0.4 is 5.32 Å². The molecule has 1 heterocycles. The molecule has 1 aromatic heterocycles. The fraction of sp³-hybridized carbons (Fsp3) is 0.217. The summed E-state index contributed by atoms with van der Waals surface area (Å²) in [7, 11) is 3.48. The zero-order valence-electron chi connectivity index (χ0n) is 16.6. The van der Waals surface area contributed by atoms with Crippen LogP contribution in [0.5, 0.6) is 0 Å². The van der Waals surface area contributed by atoms with E-state index in [0.717, 1.165) is 34.9 Å². The van der Waals surface area contributed by atoms with Gasteiger partial charge >= 0.3 is 0 Å². The molecule has 0 bridgehead atoms. The first kappa shape index (κ1) is 20.9. The maximum atomic E-state index is 12.0. The van der Waals surface area contributed by atoms with Crippen molar-refractivity contribution in [3.8, 4) is 11.3 Å². The second-order valence-corrected chi connectivity index (χ2v) is 7.93. The van der Waals surface area contributed by atoms with Crippen LogP contribution in [-0.2, 0) is 0 Å². The third-order valence-corrected chi connectivity index (χ3v) is 5.38. The summed E-state index contributed by atoms with van der Waals surface area (Å²) in [6.07, 6.45) is 0.798. The van der Waals surface area contributed by atoms with E-state index >= 15 is 0 Å². The highest BCUT2D eigenvalue weighted by atomic mass is 32.2. The van der Waals surface area contributed by atoms with Crippen molar-refractivity contribution in [3.63, 3.8) is 0 Å². The lowest BCUT2D eigenvalue weighted by Gasteiger charge is -2.11. The van der Waals surface area contributed by atoms with Crippen LogP contribution in [-0.4, -0.2) is 47.4 Å². The number of hydrogen-bond acceptors (Lipinski definition) is 5. The van der Waals surface area contributed by atoms with Crippen molar-refractivity contribution in [2.24, 2.45) is 0 Å². The van der Waals surface area contributed by atoms with Crippen LogP contribution in [0.4, 0.5) is 11.5 Å². The smallest absolute Gasteiger partial charge is 0.253 e. The molecule has 2 N–H and O–H groups in total. The van der Waals surface area contributed by atoms with E-state index < -0.39 is 0 Å². The second kappa shape index (κ2) is 10.1. The molecule has 0 saturated heterocycles. The van der Waals surface area contributed by atoms with Gasteiger partial charge in [0.15, 0.2) is 0 Å². The van der Waals surface area contributed by atoms with Gasteiger partial charge in [-0.2, -0.15) is 0 Å². The standard InChI is InChI=1S/C23H25N3O2S/c1-26(2)23(28)18-7-11-19(12-8-18)24-22-6-3-5-21(25-22)17-9-13-20(14-10-17)29-16-4-15-27/h3,5-14,27H,4,15-16H2,1-2H3,(H,24,25). The van der Waals surface area contributed by atoms with E-state index in [9.17, 15) is 4.79 Å². The molecule has 0 saturated carbocycles. The van der Waals surface area contributed by atoms with E-state index in [2.05, 4.69) is 29.6 Å². The number of amides is 1. The number of aliphatic hydroxyl groups is 1. The topological polar surface area (TPSA) is 65.5 Å². The zero-order chi connectivity index (χ0) is 20.6. The van der Waals surface area contributed by atoms with E-state index in [1.165, 1.54) is 4.90 Å². The molecule has 0 aliphatic rings. The number of carbonyl (C=O) groups is 1. The van der Waals surface area contributed by atoms with Crippen LogP contribution in [0.25, 0.3) is 11.3 Å². The Kier molecular flexibility index (Phi) is 7.27. The summed E-state index contributed by atoms with van der Waals surface area (Å²) in [4.78, 5) is 19.4. The van der Waals surface area contributed by atoms with Crippen molar-refractivity contribution in [1.29, 1.82) is 0 Å². The molecule has 1 amide bonds. The third-order valence-electron chi connectivity index (χ3n) is 4.28. The monoisotopic (exact) mass is 407 g/mol. The minimum absolute atomic E-state index is 0.0188. The number of aliphatic hydroxyl groups excluding tert-OH is 1. The van der Waals surface area contributed by atoms with Gasteiger partial charge in [-0.15, -0.1) is 11.8 Å². The highest BCUT2D eigenvalue weighted by Gasteiger charge is 2.08. The first-order valence-corrected chi connectivity index (χ1v) is 10.5. The number of aromatic nitrogens is 1. The average Bonchev–Trinajstić information content (AvgIpc) is 2.74. The Labute approximate surface area is 175 Å². The van der Waals surface area contributed by atoms with Crippen LogP contribution in [0.2, 0.25) is 0 Å². The molecule has 3 rings (SSSR count). The van der Waals surface area contributed by atoms with Crippen molar-refractivity contribution >= 4 is 29.2 Å². The molecule has 150 valence electrons. The van der Waals surface area contributed by atoms with Gasteiger partial charge in [0.1, 0.15) is 5.82 Å². The van der Waals surface area contributed by atoms with Crippen molar-refractivity contribution in [3.05, 3.63) is 72.3 Å². The van der Waals surface area contributed by atoms with E-state index in [0.29, 0.717) is 5.56 Å². The third kappa shape index (κ3) is 5.82. The minimum atomic E-state index is -0.0188. The van der Waals surface area contributed by atoms with Gasteiger partial charge < -0.3 is 15.3 Å². The van der Waals surface area contributed by atoms with Crippen LogP contribution in [0.15, 0.2) is 71.6 Å². The van der Waals surface area contributed by atoms with Gasteiger partial charge in [0, 0.05) is 48.2 Å². The number of carbonyl (C=O) groups excluding carboxylic acids is 1. The molecule has 0 fully saturated rings. The van der Waals surface area contributed by atoms with E-state index in [1.54, 1.807) is 30.8 Å². The molecule has 0 unspecified atom stereocenters. The zero-order valence-corrected chi connectivity index (χ0v) is 17.4. The Bertz CT molecular complexity index is 941. The summed E-state index contributed by atoms with van der Waals surface area (Å²) in [6, 6.07) is 21.5. The van der Waals surface area contributed by atoms with Gasteiger partial charge in [0.25, 0.3) is 5.91 Å². The molecule has 0 aliphatic heterocycles. The van der Waals surface area contributed by atoms with Crippen LogP contribution in [0.1, 0.15) is 16.8 Å². The lowest BCUT2D eigenvalue weighted by Crippen LogP contribution is -2.21. The van der Waals surface area contributed by atoms with Crippen LogP contribution in [0.3, 0.4) is 0 Å². The number of anilines is 2. The fourth-order valence-electron chi connectivity index (χ4n) is 2.74. The number of pyridine rings is 1. The highest BCUT2D eigenvalue weighted by Crippen LogP contribution is 2.25. The van der Waals surface area contributed by atoms with Gasteiger partial charge in [0.05, 0.1) is 5.69 Å². The molecule has 5 nitrogen and oxygen atoms in total. The second-order valence-electron chi connectivity index (χ2n) is 6.76. The molecule has 3 aromatic rings. The number of rotatable bonds is 8. The largest absolute Gasteiger partial charge is 0.396 e. The average molecular weight is 408 g/mol. The molecular weight excluding hydrogens is 382 g/mol. The van der Waals surface area contributed by atoms with Crippen molar-refractivity contribution in [1.82, 2.24) is 9.88 Å². The summed E-state index contributed by atoms with van der Waals surface area (Å²) in [5.74, 6) is 1.64. The molecule has 0 spiro atoms. The predicted octanol–water partition coefficient (Wildman–Crippen LogP) is 4.67. The maximum Gasteiger partial charge on any atom is 0.253 e. The van der Waals surface area contributed by atoms with Crippen LogP contribution >= 0.6 is 11.8 Å². The van der Waals surface area contributed by atoms with E-state index in [1.807, 2.05) is 42.5 Å². The maximum absolute atomic E-state index is 12.0. The first-order chi connectivity index (χ1) is 14.1. The number of benzene rings is 2. The molecule has 2 aromatic carbocycles. The van der Waals surface area contributed by atoms with Gasteiger partial charge in [-0.1, -0.05) is 18.2 Å². The lowest BCUT2D eigenvalue weighted by molar-refractivity contribution is 0.0827. The normalized spacial score (nSPS) is 10.6. The molecule has 29 heavy (non-hydrogen) atoms. The number of nitrogens with zero attached hydrogens (tertiary/aromatic N) is 2. The van der Waals surface area contributed by atoms with E-state index in [-0.39, 0.29) is 12.5 Å². The Morgan fingerprint density at radius 3 is 2.41 bits per heavy atom. The number of thioether (sulfide) groups is 1. The predicted molar refractivity (Wildman–Crippen MR) is 120 cm³/mol. The molecule has 0 aliphatic carbocycles. The van der Waals surface area contributed by atoms with Gasteiger partial charge in [0.2, 0.25) is 0 Å². The number of nitrogens with one attached hydrogen (secondary N) is 1. The first-order valence-electron chi connectivity index (χ1n) is 9.47. The molecule has 6 heteroatoms. The number of hydrogen-bond donors (Lipinski definition) is 2. The fourth-order valence-corrected chi connectivity index (χ4v) is 3.58. The van der Waals surface area contributed by atoms with Crippen LogP contribution in [0, 0.1) is 0 Å². The quantitative estimate of drug-likeness (QED) is 0.420. The summed E-state index contributed by atoms with van der Waals surface area (Å²) in [5.41, 5.74) is 3.47. The molecule has 0 radical (unpaired) electrons. The Morgan fingerprint density at radius 2 is 1.76 bits per heavy atom. The van der Waals surface area contributed by atoms with Gasteiger partial charge in [-0.3, -0.25) is 4.79 Å². The highest BCUT2D eigenvalue weighted by molar-refractivity contribution is 7.99. The van der Waals surface area contributed by atoms with Crippen molar-refractivity contribution in [2.45, 2.75) is 11.3 Å².